The molecular weight excluding hydrogens is 254 g/mol. The lowest BCUT2D eigenvalue weighted by Crippen LogP contribution is -1.96. The zero-order valence-electron chi connectivity index (χ0n) is 7.19. The molecule has 0 unspecified atom stereocenters. The number of nitrogens with zero attached hydrogens (tertiary/aromatic N) is 1. The normalized spacial score (nSPS) is 9.57. The van der Waals surface area contributed by atoms with Crippen LogP contribution in [0.15, 0.2) is 18.2 Å². The standard InChI is InChI=1S/C8H6BrNO4/c1-14-7-3-2-5(8(9)11)4-6(7)10(12)13/h2-4H,1H3. The summed E-state index contributed by atoms with van der Waals surface area (Å²) in [5, 5.41) is 10.6. The second kappa shape index (κ2) is 4.19. The molecule has 0 saturated carbocycles. The summed E-state index contributed by atoms with van der Waals surface area (Å²) < 4.78 is 4.37. The van der Waals surface area contributed by atoms with E-state index in [9.17, 15) is 14.9 Å². The SMILES string of the molecule is COc1ccc(C(=O)Br)cc1[N+](=O)[O-]. The highest BCUT2D eigenvalue weighted by atomic mass is 79.9. The first kappa shape index (κ1) is 10.6. The van der Waals surface area contributed by atoms with E-state index in [0.29, 0.717) is 0 Å². The minimum atomic E-state index is -0.599. The maximum absolute atomic E-state index is 10.9. The minimum Gasteiger partial charge on any atom is -0.490 e. The minimum absolute atomic E-state index is 0.132. The molecule has 0 bridgehead atoms. The van der Waals surface area contributed by atoms with Crippen molar-refractivity contribution in [2.45, 2.75) is 0 Å². The van der Waals surface area contributed by atoms with Crippen LogP contribution < -0.4 is 4.74 Å². The zero-order valence-corrected chi connectivity index (χ0v) is 8.78. The van der Waals surface area contributed by atoms with E-state index in [2.05, 4.69) is 15.9 Å². The highest BCUT2D eigenvalue weighted by Crippen LogP contribution is 2.28. The summed E-state index contributed by atoms with van der Waals surface area (Å²) in [6.07, 6.45) is 0. The number of hydrogen-bond acceptors (Lipinski definition) is 4. The first-order valence-electron chi connectivity index (χ1n) is 3.58. The third-order valence-electron chi connectivity index (χ3n) is 1.60. The second-order valence-electron chi connectivity index (χ2n) is 2.42. The lowest BCUT2D eigenvalue weighted by atomic mass is 10.2. The fraction of sp³-hybridized carbons (Fsp3) is 0.125. The Morgan fingerprint density at radius 2 is 2.21 bits per heavy atom. The van der Waals surface area contributed by atoms with Gasteiger partial charge in [-0.3, -0.25) is 14.9 Å². The number of ether oxygens (including phenoxy) is 1. The van der Waals surface area contributed by atoms with Crippen LogP contribution in [0, 0.1) is 10.1 Å². The van der Waals surface area contributed by atoms with E-state index >= 15 is 0 Å². The van der Waals surface area contributed by atoms with Crippen molar-refractivity contribution >= 4 is 26.3 Å². The van der Waals surface area contributed by atoms with Gasteiger partial charge in [-0.05, 0) is 28.1 Å². The van der Waals surface area contributed by atoms with E-state index in [4.69, 9.17) is 4.74 Å². The van der Waals surface area contributed by atoms with Gasteiger partial charge in [0, 0.05) is 11.6 Å². The predicted octanol–water partition coefficient (Wildman–Crippen LogP) is 2.14. The maximum Gasteiger partial charge on any atom is 0.311 e. The van der Waals surface area contributed by atoms with Crippen LogP contribution >= 0.6 is 15.9 Å². The molecule has 0 aliphatic rings. The first-order chi connectivity index (χ1) is 6.56. The summed E-state index contributed by atoms with van der Waals surface area (Å²) in [5.41, 5.74) is -0.00435. The van der Waals surface area contributed by atoms with Crippen LogP contribution in [0.3, 0.4) is 0 Å². The van der Waals surface area contributed by atoms with Crippen molar-refractivity contribution < 1.29 is 14.5 Å². The summed E-state index contributed by atoms with van der Waals surface area (Å²) >= 11 is 2.71. The van der Waals surface area contributed by atoms with Crippen molar-refractivity contribution in [1.82, 2.24) is 0 Å². The summed E-state index contributed by atoms with van der Waals surface area (Å²) in [6, 6.07) is 3.99. The van der Waals surface area contributed by atoms with Crippen molar-refractivity contribution in [3.8, 4) is 5.75 Å². The number of methoxy groups -OCH3 is 1. The number of nitro benzene ring substituents is 1. The van der Waals surface area contributed by atoms with Gasteiger partial charge in [0.05, 0.1) is 12.0 Å². The van der Waals surface area contributed by atoms with Gasteiger partial charge in [0.1, 0.15) is 0 Å². The number of hydrogen-bond donors (Lipinski definition) is 0. The van der Waals surface area contributed by atoms with E-state index in [1.807, 2.05) is 0 Å². The molecule has 0 saturated heterocycles. The molecule has 0 heterocycles. The molecular formula is C8H6BrNO4. The monoisotopic (exact) mass is 259 g/mol. The Kier molecular flexibility index (Phi) is 3.19. The average Bonchev–Trinajstić information content (AvgIpc) is 2.16. The molecule has 1 aromatic carbocycles. The molecule has 0 aliphatic heterocycles. The number of halogens is 1. The molecule has 0 aliphatic carbocycles. The third-order valence-corrected chi connectivity index (χ3v) is 2.06. The van der Waals surface area contributed by atoms with E-state index in [-0.39, 0.29) is 17.0 Å². The van der Waals surface area contributed by atoms with Gasteiger partial charge >= 0.3 is 5.69 Å². The van der Waals surface area contributed by atoms with Crippen LogP contribution in [-0.2, 0) is 0 Å². The molecule has 1 rings (SSSR count). The van der Waals surface area contributed by atoms with Gasteiger partial charge in [-0.15, -0.1) is 0 Å². The summed E-state index contributed by atoms with van der Waals surface area (Å²) in [4.78, 5) is 20.8. The van der Waals surface area contributed by atoms with E-state index in [0.717, 1.165) is 6.07 Å². The van der Waals surface area contributed by atoms with Crippen LogP contribution in [0.2, 0.25) is 0 Å². The summed E-state index contributed by atoms with van der Waals surface area (Å²) in [5.74, 6) is 0.132. The number of carbonyl (C=O) groups is 1. The Labute approximate surface area is 88.0 Å². The maximum atomic E-state index is 10.9. The smallest absolute Gasteiger partial charge is 0.311 e. The molecule has 0 N–H and O–H groups in total. The molecule has 6 heteroatoms. The quantitative estimate of drug-likeness (QED) is 0.474. The van der Waals surface area contributed by atoms with E-state index in [1.54, 1.807) is 0 Å². The first-order valence-corrected chi connectivity index (χ1v) is 4.38. The number of carbonyl (C=O) groups excluding carboxylic acids is 1. The fourth-order valence-corrected chi connectivity index (χ4v) is 1.20. The van der Waals surface area contributed by atoms with Crippen molar-refractivity contribution in [2.75, 3.05) is 7.11 Å². The summed E-state index contributed by atoms with van der Waals surface area (Å²) in [6.45, 7) is 0. The molecule has 0 amide bonds. The van der Waals surface area contributed by atoms with E-state index in [1.165, 1.54) is 19.2 Å². The second-order valence-corrected chi connectivity index (χ2v) is 3.14. The number of rotatable bonds is 3. The zero-order chi connectivity index (χ0) is 10.7. The molecule has 0 aromatic heterocycles. The molecule has 0 fully saturated rings. The molecule has 0 atom stereocenters. The van der Waals surface area contributed by atoms with E-state index < -0.39 is 9.62 Å². The average molecular weight is 260 g/mol. The van der Waals surface area contributed by atoms with Crippen LogP contribution in [0.5, 0.6) is 5.75 Å². The Morgan fingerprint density at radius 1 is 1.57 bits per heavy atom. The Morgan fingerprint density at radius 3 is 2.64 bits per heavy atom. The van der Waals surface area contributed by atoms with Crippen molar-refractivity contribution in [1.29, 1.82) is 0 Å². The van der Waals surface area contributed by atoms with Gasteiger partial charge < -0.3 is 4.74 Å². The highest BCUT2D eigenvalue weighted by molar-refractivity contribution is 9.18. The van der Waals surface area contributed by atoms with Gasteiger partial charge in [-0.2, -0.15) is 0 Å². The molecule has 0 radical (unpaired) electrons. The Balaban J connectivity index is 3.27. The molecule has 14 heavy (non-hydrogen) atoms. The molecule has 74 valence electrons. The predicted molar refractivity (Wildman–Crippen MR) is 52.9 cm³/mol. The largest absolute Gasteiger partial charge is 0.490 e. The number of nitro groups is 1. The molecule has 1 aromatic rings. The van der Waals surface area contributed by atoms with Gasteiger partial charge in [-0.1, -0.05) is 0 Å². The fourth-order valence-electron chi connectivity index (χ4n) is 0.955. The molecule has 5 nitrogen and oxygen atoms in total. The van der Waals surface area contributed by atoms with Crippen LogP contribution in [0.4, 0.5) is 5.69 Å². The van der Waals surface area contributed by atoms with Crippen LogP contribution in [-0.4, -0.2) is 16.7 Å². The van der Waals surface area contributed by atoms with Crippen molar-refractivity contribution in [3.63, 3.8) is 0 Å². The van der Waals surface area contributed by atoms with Crippen LogP contribution in [0.25, 0.3) is 0 Å². The Bertz CT molecular complexity index is 391. The lowest BCUT2D eigenvalue weighted by Gasteiger charge is -2.01. The number of benzene rings is 1. The van der Waals surface area contributed by atoms with Gasteiger partial charge in [-0.25, -0.2) is 0 Å². The van der Waals surface area contributed by atoms with Gasteiger partial charge in [0.2, 0.25) is 4.69 Å². The topological polar surface area (TPSA) is 69.4 Å². The van der Waals surface area contributed by atoms with Crippen LogP contribution in [0.1, 0.15) is 10.4 Å². The summed E-state index contributed by atoms with van der Waals surface area (Å²) in [7, 11) is 1.33. The van der Waals surface area contributed by atoms with Gasteiger partial charge in [0.15, 0.2) is 5.75 Å². The molecule has 0 spiro atoms. The highest BCUT2D eigenvalue weighted by Gasteiger charge is 2.16. The third kappa shape index (κ3) is 2.08. The lowest BCUT2D eigenvalue weighted by molar-refractivity contribution is -0.385. The Hall–Kier alpha value is -1.43. The van der Waals surface area contributed by atoms with Crippen molar-refractivity contribution in [3.05, 3.63) is 33.9 Å². The van der Waals surface area contributed by atoms with Gasteiger partial charge in [0.25, 0.3) is 0 Å². The van der Waals surface area contributed by atoms with Crippen molar-refractivity contribution in [2.24, 2.45) is 0 Å².